The summed E-state index contributed by atoms with van der Waals surface area (Å²) in [4.78, 5) is 11.1. The molecule has 2 amide bonds. The van der Waals surface area contributed by atoms with Crippen LogP contribution in [-0.2, 0) is 6.54 Å². The molecule has 1 aromatic rings. The van der Waals surface area contributed by atoms with Crippen molar-refractivity contribution in [3.05, 3.63) is 35.4 Å². The molecule has 0 saturated carbocycles. The van der Waals surface area contributed by atoms with Crippen LogP contribution in [0.2, 0.25) is 0 Å². The zero-order valence-corrected chi connectivity index (χ0v) is 8.63. The average molecular weight is 192 g/mol. The second-order valence-corrected chi connectivity index (χ2v) is 3.20. The largest absolute Gasteiger partial charge is 0.338 e. The Balaban J connectivity index is 2.41. The predicted molar refractivity (Wildman–Crippen MR) is 57.1 cm³/mol. The molecule has 76 valence electrons. The van der Waals surface area contributed by atoms with E-state index in [9.17, 15) is 4.79 Å². The molecule has 1 rings (SSSR count). The molecule has 0 saturated heterocycles. The Kier molecular flexibility index (Phi) is 3.98. The van der Waals surface area contributed by atoms with E-state index in [0.717, 1.165) is 5.56 Å². The zero-order chi connectivity index (χ0) is 10.4. The standard InChI is InChI=1S/C11H16N2O/c1-3-12-11(14)13-8-10-6-4-5-9(2)7-10/h4-7H,3,8H2,1-2H3,(H2,12,13,14). The van der Waals surface area contributed by atoms with Crippen molar-refractivity contribution in [3.8, 4) is 0 Å². The third kappa shape index (κ3) is 3.47. The fraction of sp³-hybridized carbons (Fsp3) is 0.364. The Bertz CT molecular complexity index is 310. The molecule has 14 heavy (non-hydrogen) atoms. The van der Waals surface area contributed by atoms with Crippen LogP contribution in [0.5, 0.6) is 0 Å². The van der Waals surface area contributed by atoms with Crippen molar-refractivity contribution < 1.29 is 4.79 Å². The van der Waals surface area contributed by atoms with Crippen LogP contribution in [0, 0.1) is 6.92 Å². The summed E-state index contributed by atoms with van der Waals surface area (Å²) in [5.41, 5.74) is 2.33. The van der Waals surface area contributed by atoms with Gasteiger partial charge in [-0.1, -0.05) is 29.8 Å². The van der Waals surface area contributed by atoms with Gasteiger partial charge in [0, 0.05) is 13.1 Å². The lowest BCUT2D eigenvalue weighted by atomic mass is 10.1. The van der Waals surface area contributed by atoms with E-state index in [-0.39, 0.29) is 6.03 Å². The van der Waals surface area contributed by atoms with Crippen LogP contribution in [0.15, 0.2) is 24.3 Å². The molecule has 0 aliphatic heterocycles. The number of amides is 2. The summed E-state index contributed by atoms with van der Waals surface area (Å²) >= 11 is 0. The van der Waals surface area contributed by atoms with Gasteiger partial charge in [-0.15, -0.1) is 0 Å². The van der Waals surface area contributed by atoms with E-state index in [1.54, 1.807) is 0 Å². The van der Waals surface area contributed by atoms with Crippen LogP contribution in [0.1, 0.15) is 18.1 Å². The molecule has 3 heteroatoms. The van der Waals surface area contributed by atoms with Gasteiger partial charge in [0.2, 0.25) is 0 Å². The first-order valence-electron chi connectivity index (χ1n) is 4.79. The van der Waals surface area contributed by atoms with Gasteiger partial charge in [-0.05, 0) is 19.4 Å². The number of urea groups is 1. The maximum absolute atomic E-state index is 11.1. The number of benzene rings is 1. The maximum Gasteiger partial charge on any atom is 0.315 e. The third-order valence-electron chi connectivity index (χ3n) is 1.87. The van der Waals surface area contributed by atoms with Crippen LogP contribution < -0.4 is 10.6 Å². The van der Waals surface area contributed by atoms with Crippen LogP contribution in [0.4, 0.5) is 4.79 Å². The number of hydrogen-bond donors (Lipinski definition) is 2. The van der Waals surface area contributed by atoms with Gasteiger partial charge in [0.1, 0.15) is 0 Å². The Morgan fingerprint density at radius 1 is 1.36 bits per heavy atom. The molecule has 0 bridgehead atoms. The van der Waals surface area contributed by atoms with Crippen LogP contribution >= 0.6 is 0 Å². The monoisotopic (exact) mass is 192 g/mol. The lowest BCUT2D eigenvalue weighted by Crippen LogP contribution is -2.34. The molecular formula is C11H16N2O. The second-order valence-electron chi connectivity index (χ2n) is 3.20. The summed E-state index contributed by atoms with van der Waals surface area (Å²) in [5, 5.41) is 5.46. The molecule has 0 aromatic heterocycles. The molecule has 0 fully saturated rings. The Morgan fingerprint density at radius 2 is 2.14 bits per heavy atom. The molecule has 0 radical (unpaired) electrons. The summed E-state index contributed by atoms with van der Waals surface area (Å²) < 4.78 is 0. The lowest BCUT2D eigenvalue weighted by molar-refractivity contribution is 0.241. The fourth-order valence-electron chi connectivity index (χ4n) is 1.23. The van der Waals surface area contributed by atoms with Crippen molar-refractivity contribution in [2.45, 2.75) is 20.4 Å². The molecule has 0 atom stereocenters. The fourth-order valence-corrected chi connectivity index (χ4v) is 1.23. The highest BCUT2D eigenvalue weighted by molar-refractivity contribution is 5.73. The predicted octanol–water partition coefficient (Wildman–Crippen LogP) is 1.81. The summed E-state index contributed by atoms with van der Waals surface area (Å²) in [6.45, 7) is 5.16. The lowest BCUT2D eigenvalue weighted by Gasteiger charge is -2.06. The Labute approximate surface area is 84.5 Å². The smallest absolute Gasteiger partial charge is 0.315 e. The first-order valence-corrected chi connectivity index (χ1v) is 4.79. The minimum atomic E-state index is -0.117. The van der Waals surface area contributed by atoms with Crippen LogP contribution in [0.25, 0.3) is 0 Å². The summed E-state index contributed by atoms with van der Waals surface area (Å²) in [5.74, 6) is 0. The molecular weight excluding hydrogens is 176 g/mol. The van der Waals surface area contributed by atoms with E-state index in [1.807, 2.05) is 32.0 Å². The highest BCUT2D eigenvalue weighted by atomic mass is 16.2. The van der Waals surface area contributed by atoms with Crippen LogP contribution in [-0.4, -0.2) is 12.6 Å². The normalized spacial score (nSPS) is 9.57. The topological polar surface area (TPSA) is 41.1 Å². The molecule has 0 heterocycles. The molecule has 2 N–H and O–H groups in total. The highest BCUT2D eigenvalue weighted by Crippen LogP contribution is 2.02. The van der Waals surface area contributed by atoms with Gasteiger partial charge in [0.05, 0.1) is 0 Å². The van der Waals surface area contributed by atoms with E-state index in [4.69, 9.17) is 0 Å². The number of nitrogens with one attached hydrogen (secondary N) is 2. The summed E-state index contributed by atoms with van der Waals surface area (Å²) in [7, 11) is 0. The maximum atomic E-state index is 11.1. The molecule has 0 spiro atoms. The highest BCUT2D eigenvalue weighted by Gasteiger charge is 1.97. The SMILES string of the molecule is CCNC(=O)NCc1cccc(C)c1. The molecule has 0 aliphatic rings. The molecule has 3 nitrogen and oxygen atoms in total. The molecule has 1 aromatic carbocycles. The van der Waals surface area contributed by atoms with Gasteiger partial charge in [-0.2, -0.15) is 0 Å². The van der Waals surface area contributed by atoms with Crippen molar-refractivity contribution in [1.82, 2.24) is 10.6 Å². The van der Waals surface area contributed by atoms with Gasteiger partial charge < -0.3 is 10.6 Å². The first kappa shape index (κ1) is 10.6. The van der Waals surface area contributed by atoms with Gasteiger partial charge in [-0.25, -0.2) is 4.79 Å². The minimum absolute atomic E-state index is 0.117. The van der Waals surface area contributed by atoms with Crippen molar-refractivity contribution in [2.24, 2.45) is 0 Å². The number of carbonyl (C=O) groups excluding carboxylic acids is 1. The van der Waals surface area contributed by atoms with Gasteiger partial charge in [-0.3, -0.25) is 0 Å². The van der Waals surface area contributed by atoms with E-state index in [1.165, 1.54) is 5.56 Å². The number of hydrogen-bond acceptors (Lipinski definition) is 1. The van der Waals surface area contributed by atoms with Gasteiger partial charge in [0.15, 0.2) is 0 Å². The van der Waals surface area contributed by atoms with Gasteiger partial charge >= 0.3 is 6.03 Å². The zero-order valence-electron chi connectivity index (χ0n) is 8.63. The van der Waals surface area contributed by atoms with Crippen molar-refractivity contribution in [3.63, 3.8) is 0 Å². The number of carbonyl (C=O) groups is 1. The number of rotatable bonds is 3. The van der Waals surface area contributed by atoms with E-state index >= 15 is 0 Å². The second kappa shape index (κ2) is 5.27. The minimum Gasteiger partial charge on any atom is -0.338 e. The Hall–Kier alpha value is -1.51. The summed E-state index contributed by atoms with van der Waals surface area (Å²) in [6, 6.07) is 7.97. The Morgan fingerprint density at radius 3 is 2.79 bits per heavy atom. The van der Waals surface area contributed by atoms with Crippen molar-refractivity contribution in [2.75, 3.05) is 6.54 Å². The third-order valence-corrected chi connectivity index (χ3v) is 1.87. The number of aryl methyl sites for hydroxylation is 1. The van der Waals surface area contributed by atoms with Gasteiger partial charge in [0.25, 0.3) is 0 Å². The molecule has 0 unspecified atom stereocenters. The van der Waals surface area contributed by atoms with E-state index in [0.29, 0.717) is 13.1 Å². The van der Waals surface area contributed by atoms with E-state index in [2.05, 4.69) is 16.7 Å². The average Bonchev–Trinajstić information content (AvgIpc) is 2.15. The summed E-state index contributed by atoms with van der Waals surface area (Å²) in [6.07, 6.45) is 0. The van der Waals surface area contributed by atoms with E-state index < -0.39 is 0 Å². The first-order chi connectivity index (χ1) is 6.72. The molecule has 0 aliphatic carbocycles. The van der Waals surface area contributed by atoms with Crippen molar-refractivity contribution >= 4 is 6.03 Å². The van der Waals surface area contributed by atoms with Crippen molar-refractivity contribution in [1.29, 1.82) is 0 Å². The quantitative estimate of drug-likeness (QED) is 0.753. The van der Waals surface area contributed by atoms with Crippen LogP contribution in [0.3, 0.4) is 0 Å².